The molecule has 0 saturated carbocycles. The molecule has 0 spiro atoms. The van der Waals surface area contributed by atoms with E-state index in [1.54, 1.807) is 6.33 Å². The number of aromatic nitrogens is 3. The monoisotopic (exact) mass is 275 g/mol. The average Bonchev–Trinajstić information content (AvgIpc) is 2.67. The van der Waals surface area contributed by atoms with E-state index in [1.165, 1.54) is 10.6 Å². The molecule has 0 bridgehead atoms. The molecule has 8 heteroatoms. The van der Waals surface area contributed by atoms with Gasteiger partial charge in [0.1, 0.15) is 12.2 Å². The molecule has 7 nitrogen and oxygen atoms in total. The van der Waals surface area contributed by atoms with Crippen molar-refractivity contribution in [2.45, 2.75) is 19.9 Å². The van der Waals surface area contributed by atoms with Crippen molar-refractivity contribution in [3.63, 3.8) is 0 Å². The van der Waals surface area contributed by atoms with Gasteiger partial charge in [-0.15, -0.1) is 10.2 Å². The quantitative estimate of drug-likeness (QED) is 0.652. The van der Waals surface area contributed by atoms with Crippen LogP contribution in [-0.4, -0.2) is 53.4 Å². The SMILES string of the molecule is CCN(CCCNCc1nncn1C)S(C)(=O)=O. The van der Waals surface area contributed by atoms with Crippen LogP contribution in [0.15, 0.2) is 6.33 Å². The fraction of sp³-hybridized carbons (Fsp3) is 0.800. The molecule has 0 aliphatic carbocycles. The molecule has 0 unspecified atom stereocenters. The van der Waals surface area contributed by atoms with Crippen LogP contribution in [0, 0.1) is 0 Å². The number of rotatable bonds is 8. The normalized spacial score (nSPS) is 12.2. The highest BCUT2D eigenvalue weighted by Crippen LogP contribution is 1.98. The summed E-state index contributed by atoms with van der Waals surface area (Å²) in [4.78, 5) is 0. The van der Waals surface area contributed by atoms with Gasteiger partial charge in [-0.3, -0.25) is 0 Å². The van der Waals surface area contributed by atoms with E-state index in [0.29, 0.717) is 19.6 Å². The Bertz CT molecular complexity index is 457. The number of nitrogens with zero attached hydrogens (tertiary/aromatic N) is 4. The summed E-state index contributed by atoms with van der Waals surface area (Å²) in [6, 6.07) is 0. The Balaban J connectivity index is 2.21. The van der Waals surface area contributed by atoms with Crippen LogP contribution >= 0.6 is 0 Å². The zero-order chi connectivity index (χ0) is 13.6. The molecule has 18 heavy (non-hydrogen) atoms. The first-order chi connectivity index (χ1) is 8.45. The van der Waals surface area contributed by atoms with Crippen LogP contribution in [0.1, 0.15) is 19.2 Å². The van der Waals surface area contributed by atoms with Gasteiger partial charge in [0, 0.05) is 20.1 Å². The molecule has 0 radical (unpaired) electrons. The van der Waals surface area contributed by atoms with Gasteiger partial charge < -0.3 is 9.88 Å². The molecule has 0 fully saturated rings. The topological polar surface area (TPSA) is 80.1 Å². The molecule has 0 aromatic carbocycles. The summed E-state index contributed by atoms with van der Waals surface area (Å²) in [5, 5.41) is 10.9. The lowest BCUT2D eigenvalue weighted by molar-refractivity contribution is 0.418. The van der Waals surface area contributed by atoms with Crippen LogP contribution in [-0.2, 0) is 23.6 Å². The van der Waals surface area contributed by atoms with E-state index >= 15 is 0 Å². The maximum absolute atomic E-state index is 11.3. The molecule has 1 rings (SSSR count). The van der Waals surface area contributed by atoms with E-state index in [0.717, 1.165) is 18.8 Å². The van der Waals surface area contributed by atoms with Gasteiger partial charge in [-0.1, -0.05) is 6.92 Å². The van der Waals surface area contributed by atoms with E-state index < -0.39 is 10.0 Å². The summed E-state index contributed by atoms with van der Waals surface area (Å²) in [6.45, 7) is 4.29. The average molecular weight is 275 g/mol. The van der Waals surface area contributed by atoms with Gasteiger partial charge in [0.2, 0.25) is 10.0 Å². The van der Waals surface area contributed by atoms with Crippen molar-refractivity contribution in [3.8, 4) is 0 Å². The minimum absolute atomic E-state index is 0.516. The lowest BCUT2D eigenvalue weighted by Gasteiger charge is -2.17. The van der Waals surface area contributed by atoms with Gasteiger partial charge in [0.15, 0.2) is 0 Å². The Morgan fingerprint density at radius 1 is 1.50 bits per heavy atom. The highest BCUT2D eigenvalue weighted by Gasteiger charge is 2.12. The van der Waals surface area contributed by atoms with Crippen LogP contribution in [0.2, 0.25) is 0 Å². The van der Waals surface area contributed by atoms with E-state index in [-0.39, 0.29) is 0 Å². The fourth-order valence-corrected chi connectivity index (χ4v) is 2.54. The molecule has 0 aliphatic heterocycles. The minimum Gasteiger partial charge on any atom is -0.320 e. The van der Waals surface area contributed by atoms with E-state index in [4.69, 9.17) is 0 Å². The first-order valence-electron chi connectivity index (χ1n) is 5.94. The molecule has 1 N–H and O–H groups in total. The van der Waals surface area contributed by atoms with Gasteiger partial charge in [-0.25, -0.2) is 12.7 Å². The first-order valence-corrected chi connectivity index (χ1v) is 7.78. The van der Waals surface area contributed by atoms with Crippen LogP contribution in [0.5, 0.6) is 0 Å². The zero-order valence-corrected chi connectivity index (χ0v) is 11.9. The van der Waals surface area contributed by atoms with Crippen LogP contribution in [0.3, 0.4) is 0 Å². The molecular formula is C10H21N5O2S. The lowest BCUT2D eigenvalue weighted by Crippen LogP contribution is -2.32. The second-order valence-corrected chi connectivity index (χ2v) is 6.13. The summed E-state index contributed by atoms with van der Waals surface area (Å²) >= 11 is 0. The van der Waals surface area contributed by atoms with E-state index in [9.17, 15) is 8.42 Å². The third-order valence-electron chi connectivity index (χ3n) is 2.67. The number of hydrogen-bond acceptors (Lipinski definition) is 5. The highest BCUT2D eigenvalue weighted by molar-refractivity contribution is 7.88. The van der Waals surface area contributed by atoms with Gasteiger partial charge in [0.05, 0.1) is 12.8 Å². The predicted molar refractivity (Wildman–Crippen MR) is 69.4 cm³/mol. The second kappa shape index (κ2) is 6.81. The highest BCUT2D eigenvalue weighted by atomic mass is 32.2. The van der Waals surface area contributed by atoms with Crippen molar-refractivity contribution in [1.82, 2.24) is 24.4 Å². The van der Waals surface area contributed by atoms with Gasteiger partial charge in [-0.05, 0) is 13.0 Å². The predicted octanol–water partition coefficient (Wildman–Crippen LogP) is -0.424. The number of hydrogen-bond donors (Lipinski definition) is 1. The Hall–Kier alpha value is -0.990. The van der Waals surface area contributed by atoms with Crippen molar-refractivity contribution in [3.05, 3.63) is 12.2 Å². The Kier molecular flexibility index (Phi) is 5.70. The first kappa shape index (κ1) is 15.1. The zero-order valence-electron chi connectivity index (χ0n) is 11.1. The molecule has 1 heterocycles. The third kappa shape index (κ3) is 4.71. The Labute approximate surface area is 108 Å². The number of aryl methyl sites for hydroxylation is 1. The molecule has 0 aliphatic rings. The smallest absolute Gasteiger partial charge is 0.211 e. The minimum atomic E-state index is -3.07. The molecular weight excluding hydrogens is 254 g/mol. The summed E-state index contributed by atoms with van der Waals surface area (Å²) in [5.41, 5.74) is 0. The van der Waals surface area contributed by atoms with Gasteiger partial charge >= 0.3 is 0 Å². The lowest BCUT2D eigenvalue weighted by atomic mass is 10.4. The second-order valence-electron chi connectivity index (χ2n) is 4.14. The fourth-order valence-electron chi connectivity index (χ4n) is 1.61. The number of nitrogens with one attached hydrogen (secondary N) is 1. The van der Waals surface area contributed by atoms with E-state index in [1.807, 2.05) is 18.5 Å². The van der Waals surface area contributed by atoms with Crippen molar-refractivity contribution in [2.75, 3.05) is 25.9 Å². The Morgan fingerprint density at radius 3 is 2.72 bits per heavy atom. The summed E-state index contributed by atoms with van der Waals surface area (Å²) < 4.78 is 26.0. The third-order valence-corrected chi connectivity index (χ3v) is 4.05. The molecule has 1 aromatic heterocycles. The van der Waals surface area contributed by atoms with Crippen LogP contribution in [0.25, 0.3) is 0 Å². The van der Waals surface area contributed by atoms with E-state index in [2.05, 4.69) is 15.5 Å². The number of sulfonamides is 1. The summed E-state index contributed by atoms with van der Waals surface area (Å²) in [6.07, 6.45) is 3.67. The van der Waals surface area contributed by atoms with Gasteiger partial charge in [-0.2, -0.15) is 0 Å². The van der Waals surface area contributed by atoms with Crippen molar-refractivity contribution >= 4 is 10.0 Å². The van der Waals surface area contributed by atoms with Crippen LogP contribution in [0.4, 0.5) is 0 Å². The Morgan fingerprint density at radius 2 is 2.22 bits per heavy atom. The van der Waals surface area contributed by atoms with Crippen molar-refractivity contribution in [1.29, 1.82) is 0 Å². The molecule has 0 amide bonds. The molecule has 0 saturated heterocycles. The largest absolute Gasteiger partial charge is 0.320 e. The maximum atomic E-state index is 11.3. The molecule has 0 atom stereocenters. The molecule has 104 valence electrons. The summed E-state index contributed by atoms with van der Waals surface area (Å²) in [7, 11) is -1.18. The van der Waals surface area contributed by atoms with Crippen LogP contribution < -0.4 is 5.32 Å². The standard InChI is InChI=1S/C10H21N5O2S/c1-4-15(18(3,16)17)7-5-6-11-8-10-13-12-9-14(10)2/h9,11H,4-8H2,1-3H3. The molecule has 1 aromatic rings. The maximum Gasteiger partial charge on any atom is 0.211 e. The summed E-state index contributed by atoms with van der Waals surface area (Å²) in [5.74, 6) is 0.866. The van der Waals surface area contributed by atoms with Gasteiger partial charge in [0.25, 0.3) is 0 Å². The van der Waals surface area contributed by atoms with Crippen molar-refractivity contribution < 1.29 is 8.42 Å². The van der Waals surface area contributed by atoms with Crippen molar-refractivity contribution in [2.24, 2.45) is 7.05 Å².